The van der Waals surface area contributed by atoms with Gasteiger partial charge in [0.2, 0.25) is 0 Å². The van der Waals surface area contributed by atoms with E-state index in [1.807, 2.05) is 30.3 Å². The molecule has 6 heteroatoms. The third-order valence-corrected chi connectivity index (χ3v) is 2.61. The molecule has 0 saturated heterocycles. The summed E-state index contributed by atoms with van der Waals surface area (Å²) in [5.74, 6) is -2.09. The number of aliphatic carboxylic acids is 1. The van der Waals surface area contributed by atoms with Crippen molar-refractivity contribution >= 4 is 11.9 Å². The van der Waals surface area contributed by atoms with Crippen LogP contribution < -0.4 is 0 Å². The minimum absolute atomic E-state index is 0.0933. The second-order valence-electron chi connectivity index (χ2n) is 3.95. The molecule has 0 atom stereocenters. The summed E-state index contributed by atoms with van der Waals surface area (Å²) in [6, 6.07) is 10.6. The van der Waals surface area contributed by atoms with Crippen LogP contribution in [0.1, 0.15) is 16.9 Å². The lowest BCUT2D eigenvalue weighted by atomic mass is 10.1. The number of rotatable bonds is 5. The number of carboxylic acid groups (broad SMARTS) is 2. The molecule has 1 aromatic heterocycles. The van der Waals surface area contributed by atoms with Gasteiger partial charge in [0.25, 0.3) is 0 Å². The Labute approximate surface area is 108 Å². The van der Waals surface area contributed by atoms with Gasteiger partial charge in [0.15, 0.2) is 5.69 Å². The van der Waals surface area contributed by atoms with E-state index in [4.69, 9.17) is 10.2 Å². The molecule has 0 aliphatic rings. The highest BCUT2D eigenvalue weighted by Crippen LogP contribution is 2.20. The first-order valence-electron chi connectivity index (χ1n) is 5.66. The van der Waals surface area contributed by atoms with Crippen molar-refractivity contribution in [1.29, 1.82) is 0 Å². The molecule has 98 valence electrons. The van der Waals surface area contributed by atoms with Gasteiger partial charge >= 0.3 is 11.9 Å². The minimum Gasteiger partial charge on any atom is -0.481 e. The van der Waals surface area contributed by atoms with Crippen molar-refractivity contribution in [3.8, 4) is 11.3 Å². The number of aromatic carboxylic acids is 1. The third kappa shape index (κ3) is 2.98. The Balaban J connectivity index is 2.40. The van der Waals surface area contributed by atoms with E-state index in [0.717, 1.165) is 5.56 Å². The maximum Gasteiger partial charge on any atom is 0.356 e. The number of nitrogens with zero attached hydrogens (tertiary/aromatic N) is 2. The van der Waals surface area contributed by atoms with Crippen molar-refractivity contribution in [2.45, 2.75) is 13.0 Å². The van der Waals surface area contributed by atoms with Crippen molar-refractivity contribution in [3.05, 3.63) is 42.1 Å². The lowest BCUT2D eigenvalue weighted by Crippen LogP contribution is -2.08. The van der Waals surface area contributed by atoms with Gasteiger partial charge in [-0.15, -0.1) is 0 Å². The topological polar surface area (TPSA) is 92.4 Å². The number of aryl methyl sites for hydroxylation is 1. The van der Waals surface area contributed by atoms with Crippen LogP contribution in [0, 0.1) is 0 Å². The van der Waals surface area contributed by atoms with Crippen LogP contribution in [-0.2, 0) is 11.3 Å². The van der Waals surface area contributed by atoms with Gasteiger partial charge in [0.05, 0.1) is 18.7 Å². The van der Waals surface area contributed by atoms with Gasteiger partial charge in [-0.1, -0.05) is 30.3 Å². The summed E-state index contributed by atoms with van der Waals surface area (Å²) >= 11 is 0. The summed E-state index contributed by atoms with van der Waals surface area (Å²) in [6.07, 6.45) is -0.111. The molecule has 0 spiro atoms. The monoisotopic (exact) mass is 260 g/mol. The number of hydrogen-bond acceptors (Lipinski definition) is 3. The van der Waals surface area contributed by atoms with Gasteiger partial charge in [-0.2, -0.15) is 5.10 Å². The predicted molar refractivity (Wildman–Crippen MR) is 66.9 cm³/mol. The summed E-state index contributed by atoms with van der Waals surface area (Å²) in [5, 5.41) is 21.6. The van der Waals surface area contributed by atoms with Crippen LogP contribution in [0.15, 0.2) is 36.4 Å². The van der Waals surface area contributed by atoms with E-state index in [2.05, 4.69) is 5.10 Å². The lowest BCUT2D eigenvalue weighted by molar-refractivity contribution is -0.137. The van der Waals surface area contributed by atoms with Crippen LogP contribution in [-0.4, -0.2) is 31.9 Å². The molecule has 1 heterocycles. The molecule has 2 N–H and O–H groups in total. The van der Waals surface area contributed by atoms with Crippen molar-refractivity contribution in [2.24, 2.45) is 0 Å². The first kappa shape index (κ1) is 12.8. The fourth-order valence-electron chi connectivity index (χ4n) is 1.73. The Kier molecular flexibility index (Phi) is 3.61. The number of carboxylic acids is 2. The van der Waals surface area contributed by atoms with Gasteiger partial charge < -0.3 is 10.2 Å². The van der Waals surface area contributed by atoms with E-state index in [-0.39, 0.29) is 18.7 Å². The van der Waals surface area contributed by atoms with Gasteiger partial charge in [-0.05, 0) is 11.6 Å². The highest BCUT2D eigenvalue weighted by molar-refractivity contribution is 5.87. The largest absolute Gasteiger partial charge is 0.481 e. The molecule has 0 fully saturated rings. The molecule has 0 radical (unpaired) electrons. The second kappa shape index (κ2) is 5.34. The molecule has 0 bridgehead atoms. The van der Waals surface area contributed by atoms with E-state index >= 15 is 0 Å². The van der Waals surface area contributed by atoms with Crippen LogP contribution in [0.3, 0.4) is 0 Å². The Morgan fingerprint density at radius 3 is 2.42 bits per heavy atom. The van der Waals surface area contributed by atoms with Crippen LogP contribution in [0.4, 0.5) is 0 Å². The lowest BCUT2D eigenvalue weighted by Gasteiger charge is -2.05. The van der Waals surface area contributed by atoms with E-state index < -0.39 is 11.9 Å². The van der Waals surface area contributed by atoms with Crippen LogP contribution >= 0.6 is 0 Å². The molecule has 6 nitrogen and oxygen atoms in total. The van der Waals surface area contributed by atoms with Gasteiger partial charge in [-0.25, -0.2) is 4.79 Å². The van der Waals surface area contributed by atoms with Crippen molar-refractivity contribution < 1.29 is 19.8 Å². The Bertz CT molecular complexity index is 604. The van der Waals surface area contributed by atoms with Crippen LogP contribution in [0.2, 0.25) is 0 Å². The zero-order valence-electron chi connectivity index (χ0n) is 9.98. The molecule has 1 aromatic carbocycles. The van der Waals surface area contributed by atoms with E-state index in [9.17, 15) is 9.59 Å². The van der Waals surface area contributed by atoms with E-state index in [1.165, 1.54) is 10.7 Å². The van der Waals surface area contributed by atoms with Gasteiger partial charge in [0.1, 0.15) is 0 Å². The number of carbonyl (C=O) groups is 2. The molecule has 19 heavy (non-hydrogen) atoms. The molecule has 0 amide bonds. The zero-order valence-corrected chi connectivity index (χ0v) is 9.98. The Morgan fingerprint density at radius 1 is 1.16 bits per heavy atom. The summed E-state index contributed by atoms with van der Waals surface area (Å²) in [7, 11) is 0. The summed E-state index contributed by atoms with van der Waals surface area (Å²) in [5.41, 5.74) is 1.30. The van der Waals surface area contributed by atoms with Crippen molar-refractivity contribution in [3.63, 3.8) is 0 Å². The average Bonchev–Trinajstić information content (AvgIpc) is 2.81. The quantitative estimate of drug-likeness (QED) is 0.853. The van der Waals surface area contributed by atoms with E-state index in [0.29, 0.717) is 5.69 Å². The first-order chi connectivity index (χ1) is 9.08. The molecule has 0 saturated carbocycles. The molecule has 2 aromatic rings. The predicted octanol–water partition coefficient (Wildman–Crippen LogP) is 1.72. The highest BCUT2D eigenvalue weighted by Gasteiger charge is 2.14. The Hall–Kier alpha value is -2.63. The molecular weight excluding hydrogens is 248 g/mol. The fraction of sp³-hybridized carbons (Fsp3) is 0.154. The van der Waals surface area contributed by atoms with E-state index in [1.54, 1.807) is 0 Å². The van der Waals surface area contributed by atoms with Crippen LogP contribution in [0.25, 0.3) is 11.3 Å². The molecule has 2 rings (SSSR count). The summed E-state index contributed by atoms with van der Waals surface area (Å²) in [4.78, 5) is 21.5. The second-order valence-corrected chi connectivity index (χ2v) is 3.95. The maximum atomic E-state index is 10.9. The van der Waals surface area contributed by atoms with Crippen molar-refractivity contribution in [2.75, 3.05) is 0 Å². The zero-order chi connectivity index (χ0) is 13.8. The number of aromatic nitrogens is 2. The van der Waals surface area contributed by atoms with Gasteiger partial charge in [0, 0.05) is 0 Å². The molecular formula is C13H12N2O4. The van der Waals surface area contributed by atoms with Gasteiger partial charge in [-0.3, -0.25) is 9.48 Å². The standard InChI is InChI=1S/C13H12N2O4/c16-12(17)6-7-15-11(8-10(14-15)13(18)19)9-4-2-1-3-5-9/h1-5,8H,6-7H2,(H,16,17)(H,18,19). The Morgan fingerprint density at radius 2 is 1.84 bits per heavy atom. The smallest absolute Gasteiger partial charge is 0.356 e. The SMILES string of the molecule is O=C(O)CCn1nc(C(=O)O)cc1-c1ccccc1. The van der Waals surface area contributed by atoms with Crippen LogP contribution in [0.5, 0.6) is 0 Å². The fourth-order valence-corrected chi connectivity index (χ4v) is 1.73. The average molecular weight is 260 g/mol. The first-order valence-corrected chi connectivity index (χ1v) is 5.66. The molecule has 0 aliphatic carbocycles. The van der Waals surface area contributed by atoms with Crippen molar-refractivity contribution in [1.82, 2.24) is 9.78 Å². The minimum atomic E-state index is -1.13. The number of benzene rings is 1. The normalized spacial score (nSPS) is 10.3. The number of hydrogen-bond donors (Lipinski definition) is 2. The highest BCUT2D eigenvalue weighted by atomic mass is 16.4. The third-order valence-electron chi connectivity index (χ3n) is 2.61. The summed E-state index contributed by atoms with van der Waals surface area (Å²) < 4.78 is 1.41. The maximum absolute atomic E-state index is 10.9. The molecule has 0 aliphatic heterocycles. The molecule has 0 unspecified atom stereocenters. The summed E-state index contributed by atoms with van der Waals surface area (Å²) in [6.45, 7) is 0.132.